The van der Waals surface area contributed by atoms with Gasteiger partial charge >= 0.3 is 6.36 Å². The second-order valence-corrected chi connectivity index (χ2v) is 9.89. The van der Waals surface area contributed by atoms with Crippen LogP contribution in [0.5, 0.6) is 5.75 Å². The molecule has 0 spiro atoms. The first kappa shape index (κ1) is 23.7. The molecule has 0 fully saturated rings. The maximum atomic E-state index is 14.4. The van der Waals surface area contributed by atoms with E-state index in [1.54, 1.807) is 32.9 Å². The number of hydrogen-bond acceptors (Lipinski definition) is 4. The molecule has 0 aliphatic heterocycles. The summed E-state index contributed by atoms with van der Waals surface area (Å²) in [6.45, 7) is 4.36. The predicted molar refractivity (Wildman–Crippen MR) is 104 cm³/mol. The Kier molecular flexibility index (Phi) is 7.09. The van der Waals surface area contributed by atoms with Crippen LogP contribution in [0, 0.1) is 5.82 Å². The van der Waals surface area contributed by atoms with Crippen molar-refractivity contribution >= 4 is 26.9 Å². The van der Waals surface area contributed by atoms with E-state index in [-0.39, 0.29) is 11.3 Å². The smallest absolute Gasteiger partial charge is 0.403 e. The molecule has 2 atom stereocenters. The van der Waals surface area contributed by atoms with Crippen molar-refractivity contribution in [3.63, 3.8) is 0 Å². The first-order valence-electron chi connectivity index (χ1n) is 8.27. The molecule has 11 heteroatoms. The van der Waals surface area contributed by atoms with Crippen LogP contribution in [0.1, 0.15) is 32.0 Å². The monoisotopic (exact) mass is 498 g/mol. The molecule has 0 saturated carbocycles. The molecule has 0 unspecified atom stereocenters. The van der Waals surface area contributed by atoms with Crippen LogP contribution in [-0.2, 0) is 16.5 Å². The number of pyridine rings is 1. The number of rotatable bonds is 6. The highest BCUT2D eigenvalue weighted by Gasteiger charge is 2.41. The minimum Gasteiger partial charge on any atom is -0.403 e. The van der Waals surface area contributed by atoms with Gasteiger partial charge in [0.15, 0.2) is 11.6 Å². The van der Waals surface area contributed by atoms with Gasteiger partial charge in [-0.25, -0.2) is 13.3 Å². The molecule has 5 nitrogen and oxygen atoms in total. The van der Waals surface area contributed by atoms with Crippen LogP contribution in [0.25, 0.3) is 0 Å². The van der Waals surface area contributed by atoms with Crippen LogP contribution in [0.2, 0.25) is 0 Å². The zero-order valence-corrected chi connectivity index (χ0v) is 18.1. The summed E-state index contributed by atoms with van der Waals surface area (Å²) < 4.78 is 70.6. The molecule has 0 aliphatic rings. The van der Waals surface area contributed by atoms with Gasteiger partial charge in [0.1, 0.15) is 5.54 Å². The number of hydrogen-bond donors (Lipinski definition) is 2. The molecule has 1 aromatic heterocycles. The second kappa shape index (κ2) is 8.66. The molecule has 0 aliphatic carbocycles. The van der Waals surface area contributed by atoms with Gasteiger partial charge < -0.3 is 9.84 Å². The average Bonchev–Trinajstić information content (AvgIpc) is 2.60. The van der Waals surface area contributed by atoms with E-state index in [9.17, 15) is 26.9 Å². The number of aromatic nitrogens is 1. The largest absolute Gasteiger partial charge is 0.573 e. The summed E-state index contributed by atoms with van der Waals surface area (Å²) in [6.07, 6.45) is -3.64. The number of aliphatic hydroxyl groups is 1. The standard InChI is InChI=1S/C18H19BrF4N2O3S/c1-16(2,3)29(27)25-17(10-26,15-12(19)5-4-8-24-15)11-6-7-14(13(20)9-11)28-18(21,22)23/h4-9,25-26H,10H2,1-3H3/t17-,29-/m1/s1. The van der Waals surface area contributed by atoms with Gasteiger partial charge in [-0.3, -0.25) is 4.98 Å². The summed E-state index contributed by atoms with van der Waals surface area (Å²) >= 11 is 3.30. The summed E-state index contributed by atoms with van der Waals surface area (Å²) in [5.41, 5.74) is -1.47. The summed E-state index contributed by atoms with van der Waals surface area (Å²) in [5.74, 6) is -2.32. The van der Waals surface area contributed by atoms with Crippen LogP contribution in [-0.4, -0.2) is 32.0 Å². The summed E-state index contributed by atoms with van der Waals surface area (Å²) in [7, 11) is -1.75. The van der Waals surface area contributed by atoms with E-state index >= 15 is 0 Å². The van der Waals surface area contributed by atoms with E-state index in [2.05, 4.69) is 30.4 Å². The first-order valence-corrected chi connectivity index (χ1v) is 10.2. The Morgan fingerprint density at radius 3 is 2.38 bits per heavy atom. The molecule has 2 N–H and O–H groups in total. The Balaban J connectivity index is 2.66. The molecule has 0 radical (unpaired) electrons. The van der Waals surface area contributed by atoms with Gasteiger partial charge in [-0.1, -0.05) is 6.07 Å². The molecule has 29 heavy (non-hydrogen) atoms. The number of ether oxygens (including phenoxy) is 1. The van der Waals surface area contributed by atoms with E-state index in [0.717, 1.165) is 18.2 Å². The highest BCUT2D eigenvalue weighted by atomic mass is 79.9. The number of benzene rings is 1. The molecule has 160 valence electrons. The second-order valence-electron chi connectivity index (χ2n) is 7.07. The van der Waals surface area contributed by atoms with Gasteiger partial charge in [0.05, 0.1) is 28.0 Å². The predicted octanol–water partition coefficient (Wildman–Crippen LogP) is 4.17. The van der Waals surface area contributed by atoms with Crippen molar-refractivity contribution in [2.24, 2.45) is 0 Å². The van der Waals surface area contributed by atoms with Gasteiger partial charge in [0, 0.05) is 10.7 Å². The number of nitrogens with zero attached hydrogens (tertiary/aromatic N) is 1. The zero-order valence-electron chi connectivity index (χ0n) is 15.7. The van der Waals surface area contributed by atoms with E-state index in [1.165, 1.54) is 6.20 Å². The molecule has 2 aromatic rings. The molecule has 0 amide bonds. The molecule has 2 rings (SSSR count). The van der Waals surface area contributed by atoms with E-state index in [0.29, 0.717) is 4.47 Å². The van der Waals surface area contributed by atoms with Crippen LogP contribution >= 0.6 is 15.9 Å². The zero-order chi connectivity index (χ0) is 22.0. The van der Waals surface area contributed by atoms with Crippen molar-refractivity contribution in [1.82, 2.24) is 9.71 Å². The summed E-state index contributed by atoms with van der Waals surface area (Å²) in [6, 6.07) is 5.95. The first-order chi connectivity index (χ1) is 13.3. The van der Waals surface area contributed by atoms with Gasteiger partial charge in [0.25, 0.3) is 0 Å². The van der Waals surface area contributed by atoms with Gasteiger partial charge in [0.2, 0.25) is 0 Å². The highest BCUT2D eigenvalue weighted by Crippen LogP contribution is 2.36. The van der Waals surface area contributed by atoms with Crippen LogP contribution in [0.4, 0.5) is 17.6 Å². The number of aliphatic hydroxyl groups excluding tert-OH is 1. The third-order valence-corrected chi connectivity index (χ3v) is 6.16. The Morgan fingerprint density at radius 1 is 1.24 bits per heavy atom. The Hall–Kier alpha value is -1.56. The lowest BCUT2D eigenvalue weighted by Crippen LogP contribution is -2.52. The van der Waals surface area contributed by atoms with Crippen LogP contribution in [0.15, 0.2) is 41.0 Å². The topological polar surface area (TPSA) is 71.5 Å². The maximum absolute atomic E-state index is 14.4. The third-order valence-electron chi connectivity index (χ3n) is 3.87. The molecular weight excluding hydrogens is 480 g/mol. The molecule has 0 saturated heterocycles. The SMILES string of the molecule is CC(C)(C)[S@@](=O)N[C@](CO)(c1ccc(OC(F)(F)F)c(F)c1)c1ncccc1Br. The van der Waals surface area contributed by atoms with Crippen molar-refractivity contribution in [3.05, 3.63) is 58.1 Å². The third kappa shape index (κ3) is 5.53. The molecule has 1 aromatic carbocycles. The summed E-state index contributed by atoms with van der Waals surface area (Å²) in [5, 5.41) is 10.3. The van der Waals surface area contributed by atoms with Crippen LogP contribution in [0.3, 0.4) is 0 Å². The fourth-order valence-electron chi connectivity index (χ4n) is 2.43. The highest BCUT2D eigenvalue weighted by molar-refractivity contribution is 9.10. The lowest BCUT2D eigenvalue weighted by Gasteiger charge is -2.35. The molecular formula is C18H19BrF4N2O3S. The lowest BCUT2D eigenvalue weighted by atomic mass is 9.87. The fourth-order valence-corrected chi connectivity index (χ4v) is 3.92. The minimum absolute atomic E-state index is 0.0176. The van der Waals surface area contributed by atoms with E-state index in [1.807, 2.05) is 0 Å². The van der Waals surface area contributed by atoms with Gasteiger partial charge in [-0.15, -0.1) is 13.2 Å². The average molecular weight is 499 g/mol. The summed E-state index contributed by atoms with van der Waals surface area (Å²) in [4.78, 5) is 4.21. The number of alkyl halides is 3. The molecule has 1 heterocycles. The Bertz CT molecular complexity index is 905. The van der Waals surface area contributed by atoms with Crippen molar-refractivity contribution in [2.75, 3.05) is 6.61 Å². The van der Waals surface area contributed by atoms with Gasteiger partial charge in [-0.05, 0) is 66.5 Å². The quantitative estimate of drug-likeness (QED) is 0.586. The van der Waals surface area contributed by atoms with E-state index < -0.39 is 45.8 Å². The maximum Gasteiger partial charge on any atom is 0.573 e. The van der Waals surface area contributed by atoms with Gasteiger partial charge in [-0.2, -0.15) is 0 Å². The normalized spacial score (nSPS) is 15.6. The number of nitrogens with one attached hydrogen (secondary N) is 1. The van der Waals surface area contributed by atoms with Crippen molar-refractivity contribution in [2.45, 2.75) is 37.4 Å². The van der Waals surface area contributed by atoms with E-state index in [4.69, 9.17) is 0 Å². The molecule has 0 bridgehead atoms. The Morgan fingerprint density at radius 2 is 1.90 bits per heavy atom. The van der Waals surface area contributed by atoms with Crippen molar-refractivity contribution in [1.29, 1.82) is 0 Å². The fraction of sp³-hybridized carbons (Fsp3) is 0.389. The van der Waals surface area contributed by atoms with Crippen molar-refractivity contribution < 1.29 is 31.6 Å². The van der Waals surface area contributed by atoms with Crippen LogP contribution < -0.4 is 9.46 Å². The lowest BCUT2D eigenvalue weighted by molar-refractivity contribution is -0.275. The van der Waals surface area contributed by atoms with Crippen molar-refractivity contribution in [3.8, 4) is 5.75 Å². The number of halogens is 5. The Labute approximate surface area is 176 Å². The minimum atomic E-state index is -5.06.